The number of anilines is 2. The zero-order valence-corrected chi connectivity index (χ0v) is 10.7. The molecule has 0 aliphatic rings. The van der Waals surface area contributed by atoms with Crippen LogP contribution in [-0.4, -0.2) is 23.1 Å². The molecule has 1 aromatic heterocycles. The van der Waals surface area contributed by atoms with Gasteiger partial charge in [-0.15, -0.1) is 0 Å². The zero-order valence-electron chi connectivity index (χ0n) is 10.7. The topological polar surface area (TPSA) is 49.8 Å². The van der Waals surface area contributed by atoms with Gasteiger partial charge in [-0.1, -0.05) is 20.3 Å². The molecule has 4 nitrogen and oxygen atoms in total. The Labute approximate surface area is 97.9 Å². The van der Waals surface area contributed by atoms with Crippen LogP contribution in [0.5, 0.6) is 0 Å². The molecule has 0 aliphatic heterocycles. The molecule has 1 atom stereocenters. The summed E-state index contributed by atoms with van der Waals surface area (Å²) < 4.78 is 0. The van der Waals surface area contributed by atoms with Crippen LogP contribution in [0.2, 0.25) is 0 Å². The van der Waals surface area contributed by atoms with Crippen LogP contribution in [0, 0.1) is 12.8 Å². The van der Waals surface area contributed by atoms with Gasteiger partial charge in [-0.25, -0.2) is 9.97 Å². The van der Waals surface area contributed by atoms with Crippen molar-refractivity contribution in [2.45, 2.75) is 34.1 Å². The Hall–Kier alpha value is -1.32. The summed E-state index contributed by atoms with van der Waals surface area (Å²) in [7, 11) is 0. The van der Waals surface area contributed by atoms with Gasteiger partial charge in [0.25, 0.3) is 0 Å². The summed E-state index contributed by atoms with van der Waals surface area (Å²) in [6, 6.07) is 1.96. The Morgan fingerprint density at radius 1 is 1.19 bits per heavy atom. The first-order valence-electron chi connectivity index (χ1n) is 5.99. The van der Waals surface area contributed by atoms with Crippen LogP contribution < -0.4 is 10.6 Å². The molecule has 1 rings (SSSR count). The normalized spacial score (nSPS) is 12.2. The Kier molecular flexibility index (Phi) is 5.02. The highest BCUT2D eigenvalue weighted by atomic mass is 15.1. The smallest absolute Gasteiger partial charge is 0.131 e. The van der Waals surface area contributed by atoms with E-state index in [1.54, 1.807) is 0 Å². The molecule has 0 saturated carbocycles. The number of nitrogens with zero attached hydrogens (tertiary/aromatic N) is 2. The molecular weight excluding hydrogens is 200 g/mol. The Morgan fingerprint density at radius 2 is 1.81 bits per heavy atom. The summed E-state index contributed by atoms with van der Waals surface area (Å²) in [4.78, 5) is 8.67. The standard InChI is InChI=1S/C12H22N4/c1-5-9(3)8-14-12-7-11(13-6-2)15-10(4)16-12/h7,9H,5-6,8H2,1-4H3,(H2,13,14,15,16). The maximum absolute atomic E-state index is 4.36. The van der Waals surface area contributed by atoms with E-state index in [-0.39, 0.29) is 0 Å². The highest BCUT2D eigenvalue weighted by molar-refractivity contribution is 5.47. The predicted molar refractivity (Wildman–Crippen MR) is 68.9 cm³/mol. The molecule has 1 aromatic rings. The molecule has 1 heterocycles. The van der Waals surface area contributed by atoms with Crippen molar-refractivity contribution in [1.82, 2.24) is 9.97 Å². The molecule has 0 spiro atoms. The van der Waals surface area contributed by atoms with E-state index in [9.17, 15) is 0 Å². The minimum absolute atomic E-state index is 0.665. The zero-order chi connectivity index (χ0) is 12.0. The maximum atomic E-state index is 4.36. The highest BCUT2D eigenvalue weighted by Gasteiger charge is 2.02. The number of nitrogens with one attached hydrogen (secondary N) is 2. The maximum Gasteiger partial charge on any atom is 0.131 e. The van der Waals surface area contributed by atoms with Crippen LogP contribution in [-0.2, 0) is 0 Å². The van der Waals surface area contributed by atoms with Gasteiger partial charge in [0.15, 0.2) is 0 Å². The van der Waals surface area contributed by atoms with Crippen molar-refractivity contribution in [3.8, 4) is 0 Å². The molecule has 0 radical (unpaired) electrons. The van der Waals surface area contributed by atoms with Gasteiger partial charge in [0, 0.05) is 19.2 Å². The lowest BCUT2D eigenvalue weighted by Crippen LogP contribution is -2.12. The van der Waals surface area contributed by atoms with Gasteiger partial charge in [0.05, 0.1) is 0 Å². The molecule has 0 fully saturated rings. The van der Waals surface area contributed by atoms with Crippen LogP contribution in [0.3, 0.4) is 0 Å². The van der Waals surface area contributed by atoms with Crippen molar-refractivity contribution in [3.63, 3.8) is 0 Å². The van der Waals surface area contributed by atoms with Gasteiger partial charge in [-0.3, -0.25) is 0 Å². The van der Waals surface area contributed by atoms with Crippen molar-refractivity contribution >= 4 is 11.6 Å². The van der Waals surface area contributed by atoms with Gasteiger partial charge in [-0.05, 0) is 19.8 Å². The van der Waals surface area contributed by atoms with E-state index in [1.165, 1.54) is 6.42 Å². The molecule has 16 heavy (non-hydrogen) atoms. The lowest BCUT2D eigenvalue weighted by molar-refractivity contribution is 0.592. The molecule has 0 aliphatic carbocycles. The number of rotatable bonds is 6. The largest absolute Gasteiger partial charge is 0.370 e. The summed E-state index contributed by atoms with van der Waals surface area (Å²) in [6.45, 7) is 10.2. The molecule has 0 amide bonds. The lowest BCUT2D eigenvalue weighted by Gasteiger charge is -2.12. The van der Waals surface area contributed by atoms with Crippen LogP contribution in [0.4, 0.5) is 11.6 Å². The Morgan fingerprint density at radius 3 is 2.38 bits per heavy atom. The number of aryl methyl sites for hydroxylation is 1. The third kappa shape index (κ3) is 4.04. The van der Waals surface area contributed by atoms with E-state index in [1.807, 2.05) is 13.0 Å². The third-order valence-electron chi connectivity index (χ3n) is 2.52. The molecule has 4 heteroatoms. The minimum Gasteiger partial charge on any atom is -0.370 e. The van der Waals surface area contributed by atoms with Crippen LogP contribution in [0.15, 0.2) is 6.07 Å². The van der Waals surface area contributed by atoms with Crippen LogP contribution >= 0.6 is 0 Å². The monoisotopic (exact) mass is 222 g/mol. The lowest BCUT2D eigenvalue weighted by atomic mass is 10.1. The van der Waals surface area contributed by atoms with E-state index >= 15 is 0 Å². The van der Waals surface area contributed by atoms with E-state index in [2.05, 4.69) is 41.4 Å². The summed E-state index contributed by atoms with van der Waals surface area (Å²) in [6.07, 6.45) is 1.18. The number of hydrogen-bond acceptors (Lipinski definition) is 4. The highest BCUT2D eigenvalue weighted by Crippen LogP contribution is 2.12. The van der Waals surface area contributed by atoms with Crippen molar-refractivity contribution in [2.24, 2.45) is 5.92 Å². The average Bonchev–Trinajstić information content (AvgIpc) is 2.25. The minimum atomic E-state index is 0.665. The molecule has 1 unspecified atom stereocenters. The fourth-order valence-corrected chi connectivity index (χ4v) is 1.35. The molecular formula is C12H22N4. The summed E-state index contributed by atoms with van der Waals surface area (Å²) in [5.74, 6) is 3.26. The van der Waals surface area contributed by atoms with Gasteiger partial charge >= 0.3 is 0 Å². The van der Waals surface area contributed by atoms with Gasteiger partial charge < -0.3 is 10.6 Å². The Bertz CT molecular complexity index is 325. The Balaban J connectivity index is 2.64. The van der Waals surface area contributed by atoms with Crippen molar-refractivity contribution in [1.29, 1.82) is 0 Å². The fraction of sp³-hybridized carbons (Fsp3) is 0.667. The molecule has 2 N–H and O–H groups in total. The molecule has 90 valence electrons. The summed E-state index contributed by atoms with van der Waals surface area (Å²) >= 11 is 0. The molecule has 0 bridgehead atoms. The molecule has 0 saturated heterocycles. The quantitative estimate of drug-likeness (QED) is 0.777. The summed E-state index contributed by atoms with van der Waals surface area (Å²) in [5.41, 5.74) is 0. The first kappa shape index (κ1) is 12.7. The van der Waals surface area contributed by atoms with E-state index < -0.39 is 0 Å². The molecule has 0 aromatic carbocycles. The third-order valence-corrected chi connectivity index (χ3v) is 2.52. The number of hydrogen-bond donors (Lipinski definition) is 2. The number of aromatic nitrogens is 2. The van der Waals surface area contributed by atoms with Crippen LogP contribution in [0.25, 0.3) is 0 Å². The second-order valence-corrected chi connectivity index (χ2v) is 4.11. The van der Waals surface area contributed by atoms with Gasteiger partial charge in [0.2, 0.25) is 0 Å². The second-order valence-electron chi connectivity index (χ2n) is 4.11. The first-order chi connectivity index (χ1) is 7.65. The van der Waals surface area contributed by atoms with Crippen molar-refractivity contribution in [2.75, 3.05) is 23.7 Å². The summed E-state index contributed by atoms with van der Waals surface area (Å²) in [5, 5.41) is 6.54. The fourth-order valence-electron chi connectivity index (χ4n) is 1.35. The van der Waals surface area contributed by atoms with Gasteiger partial charge in [0.1, 0.15) is 17.5 Å². The van der Waals surface area contributed by atoms with Gasteiger partial charge in [-0.2, -0.15) is 0 Å². The van der Waals surface area contributed by atoms with Crippen molar-refractivity contribution in [3.05, 3.63) is 11.9 Å². The van der Waals surface area contributed by atoms with Crippen molar-refractivity contribution < 1.29 is 0 Å². The predicted octanol–water partition coefficient (Wildman–Crippen LogP) is 2.67. The van der Waals surface area contributed by atoms with E-state index in [4.69, 9.17) is 0 Å². The second kappa shape index (κ2) is 6.30. The van der Waals surface area contributed by atoms with E-state index in [0.717, 1.165) is 30.5 Å². The SMILES string of the molecule is CCNc1cc(NCC(C)CC)nc(C)n1. The average molecular weight is 222 g/mol. The first-order valence-corrected chi connectivity index (χ1v) is 5.99. The van der Waals surface area contributed by atoms with E-state index in [0.29, 0.717) is 5.92 Å². The van der Waals surface area contributed by atoms with Crippen LogP contribution in [0.1, 0.15) is 33.0 Å².